The third-order valence-corrected chi connectivity index (χ3v) is 6.70. The maximum atomic E-state index is 13.1. The van der Waals surface area contributed by atoms with Crippen LogP contribution in [0.15, 0.2) is 48.5 Å². The molecule has 0 aliphatic carbocycles. The van der Waals surface area contributed by atoms with Crippen molar-refractivity contribution in [2.75, 3.05) is 26.2 Å². The molecule has 0 radical (unpaired) electrons. The smallest absolute Gasteiger partial charge is 0.253 e. The maximum absolute atomic E-state index is 13.1. The topological polar surface area (TPSA) is 49.9 Å². The SMILES string of the molecule is CCOc1ccc(CCC2CCN(C(=O)c3cccc(CN4CCCC4=O)c3)CC2)cc1. The molecule has 0 N–H and O–H groups in total. The van der Waals surface area contributed by atoms with Gasteiger partial charge in [-0.3, -0.25) is 9.59 Å². The van der Waals surface area contributed by atoms with Crippen LogP contribution >= 0.6 is 0 Å². The van der Waals surface area contributed by atoms with Crippen LogP contribution in [0.4, 0.5) is 0 Å². The summed E-state index contributed by atoms with van der Waals surface area (Å²) in [5, 5.41) is 0. The van der Waals surface area contributed by atoms with Crippen molar-refractivity contribution in [1.82, 2.24) is 9.80 Å². The van der Waals surface area contributed by atoms with Gasteiger partial charge in [0.2, 0.25) is 5.91 Å². The zero-order chi connectivity index (χ0) is 22.3. The molecule has 2 aliphatic heterocycles. The van der Waals surface area contributed by atoms with E-state index in [0.29, 0.717) is 25.5 Å². The van der Waals surface area contributed by atoms with E-state index in [2.05, 4.69) is 12.1 Å². The van der Waals surface area contributed by atoms with Gasteiger partial charge in [0.25, 0.3) is 5.91 Å². The molecule has 0 spiro atoms. The molecule has 32 heavy (non-hydrogen) atoms. The van der Waals surface area contributed by atoms with Gasteiger partial charge in [0.15, 0.2) is 0 Å². The summed E-state index contributed by atoms with van der Waals surface area (Å²) in [5.41, 5.74) is 3.12. The van der Waals surface area contributed by atoms with Gasteiger partial charge in [0, 0.05) is 38.2 Å². The second kappa shape index (κ2) is 10.7. The predicted octanol–water partition coefficient (Wildman–Crippen LogP) is 4.69. The number of aryl methyl sites for hydroxylation is 1. The Hall–Kier alpha value is -2.82. The Morgan fingerprint density at radius 2 is 1.81 bits per heavy atom. The number of carbonyl (C=O) groups is 2. The molecule has 0 bridgehead atoms. The van der Waals surface area contributed by atoms with Gasteiger partial charge in [-0.25, -0.2) is 0 Å². The minimum absolute atomic E-state index is 0.115. The Labute approximate surface area is 191 Å². The highest BCUT2D eigenvalue weighted by atomic mass is 16.5. The highest BCUT2D eigenvalue weighted by molar-refractivity contribution is 5.94. The zero-order valence-electron chi connectivity index (χ0n) is 19.1. The monoisotopic (exact) mass is 434 g/mol. The fourth-order valence-corrected chi connectivity index (χ4v) is 4.79. The molecule has 4 rings (SSSR count). The zero-order valence-corrected chi connectivity index (χ0v) is 19.1. The lowest BCUT2D eigenvalue weighted by Crippen LogP contribution is -2.38. The molecule has 0 atom stereocenters. The summed E-state index contributed by atoms with van der Waals surface area (Å²) in [6.07, 6.45) is 5.93. The summed E-state index contributed by atoms with van der Waals surface area (Å²) in [7, 11) is 0. The average molecular weight is 435 g/mol. The first kappa shape index (κ1) is 22.4. The standard InChI is InChI=1S/C27H34N2O3/c1-2-32-25-12-10-21(11-13-25)8-9-22-14-17-28(18-15-22)27(31)24-6-3-5-23(19-24)20-29-16-4-7-26(29)30/h3,5-6,10-13,19,22H,2,4,7-9,14-18,20H2,1H3. The van der Waals surface area contributed by atoms with E-state index in [-0.39, 0.29) is 11.8 Å². The van der Waals surface area contributed by atoms with Gasteiger partial charge in [-0.1, -0.05) is 24.3 Å². The molecule has 0 aromatic heterocycles. The number of benzene rings is 2. The van der Waals surface area contributed by atoms with Gasteiger partial charge >= 0.3 is 0 Å². The van der Waals surface area contributed by atoms with Crippen LogP contribution in [0.1, 0.15) is 60.5 Å². The molecule has 5 heteroatoms. The van der Waals surface area contributed by atoms with Crippen molar-refractivity contribution in [3.63, 3.8) is 0 Å². The molecule has 2 aromatic rings. The third kappa shape index (κ3) is 5.70. The number of carbonyl (C=O) groups excluding carboxylic acids is 2. The van der Waals surface area contributed by atoms with Crippen molar-refractivity contribution >= 4 is 11.8 Å². The normalized spacial score (nSPS) is 17.1. The van der Waals surface area contributed by atoms with Crippen molar-refractivity contribution in [3.8, 4) is 5.75 Å². The van der Waals surface area contributed by atoms with Gasteiger partial charge in [-0.15, -0.1) is 0 Å². The summed E-state index contributed by atoms with van der Waals surface area (Å²) in [6.45, 7) is 5.76. The number of rotatable bonds is 8. The van der Waals surface area contributed by atoms with Crippen LogP contribution in [-0.2, 0) is 17.8 Å². The van der Waals surface area contributed by atoms with Crippen molar-refractivity contribution < 1.29 is 14.3 Å². The van der Waals surface area contributed by atoms with Crippen molar-refractivity contribution in [1.29, 1.82) is 0 Å². The number of hydrogen-bond donors (Lipinski definition) is 0. The van der Waals surface area contributed by atoms with Gasteiger partial charge in [0.1, 0.15) is 5.75 Å². The van der Waals surface area contributed by atoms with Crippen LogP contribution in [0.3, 0.4) is 0 Å². The fourth-order valence-electron chi connectivity index (χ4n) is 4.79. The summed E-state index contributed by atoms with van der Waals surface area (Å²) in [6, 6.07) is 16.2. The van der Waals surface area contributed by atoms with Crippen LogP contribution in [0.5, 0.6) is 5.75 Å². The van der Waals surface area contributed by atoms with Gasteiger partial charge < -0.3 is 14.5 Å². The Balaban J connectivity index is 1.25. The Morgan fingerprint density at radius 1 is 1.03 bits per heavy atom. The van der Waals surface area contributed by atoms with E-state index in [1.54, 1.807) is 0 Å². The largest absolute Gasteiger partial charge is 0.494 e. The summed E-state index contributed by atoms with van der Waals surface area (Å²) < 4.78 is 5.52. The van der Waals surface area contributed by atoms with Crippen molar-refractivity contribution in [3.05, 3.63) is 65.2 Å². The number of piperidine rings is 1. The van der Waals surface area contributed by atoms with E-state index in [1.165, 1.54) is 5.56 Å². The number of amides is 2. The number of nitrogens with zero attached hydrogens (tertiary/aromatic N) is 2. The quantitative estimate of drug-likeness (QED) is 0.605. The molecule has 0 unspecified atom stereocenters. The maximum Gasteiger partial charge on any atom is 0.253 e. The molecule has 2 aromatic carbocycles. The minimum atomic E-state index is 0.115. The lowest BCUT2D eigenvalue weighted by atomic mass is 9.90. The van der Waals surface area contributed by atoms with Crippen LogP contribution in [-0.4, -0.2) is 47.9 Å². The Bertz CT molecular complexity index is 917. The molecule has 2 fully saturated rings. The highest BCUT2D eigenvalue weighted by Crippen LogP contribution is 2.25. The highest BCUT2D eigenvalue weighted by Gasteiger charge is 2.24. The van der Waals surface area contributed by atoms with Crippen molar-refractivity contribution in [2.45, 2.75) is 52.0 Å². The molecular formula is C27H34N2O3. The number of likely N-dealkylation sites (tertiary alicyclic amines) is 2. The van der Waals surface area contributed by atoms with Crippen LogP contribution in [0, 0.1) is 5.92 Å². The third-order valence-electron chi connectivity index (χ3n) is 6.70. The lowest BCUT2D eigenvalue weighted by Gasteiger charge is -2.32. The molecule has 2 amide bonds. The predicted molar refractivity (Wildman–Crippen MR) is 126 cm³/mol. The van der Waals surface area contributed by atoms with Crippen LogP contribution in [0.2, 0.25) is 0 Å². The number of ether oxygens (including phenoxy) is 1. The molecular weight excluding hydrogens is 400 g/mol. The van der Waals surface area contributed by atoms with E-state index in [9.17, 15) is 9.59 Å². The Kier molecular flexibility index (Phi) is 7.46. The molecule has 2 heterocycles. The van der Waals surface area contributed by atoms with Gasteiger partial charge in [-0.05, 0) is 80.3 Å². The second-order valence-corrected chi connectivity index (χ2v) is 8.97. The van der Waals surface area contributed by atoms with E-state index in [4.69, 9.17) is 4.74 Å². The van der Waals surface area contributed by atoms with Crippen molar-refractivity contribution in [2.24, 2.45) is 5.92 Å². The minimum Gasteiger partial charge on any atom is -0.494 e. The number of hydrogen-bond acceptors (Lipinski definition) is 3. The van der Waals surface area contributed by atoms with E-state index >= 15 is 0 Å². The Morgan fingerprint density at radius 3 is 2.50 bits per heavy atom. The molecule has 0 saturated carbocycles. The molecule has 170 valence electrons. The van der Waals surface area contributed by atoms with Gasteiger partial charge in [-0.2, -0.15) is 0 Å². The average Bonchev–Trinajstić information content (AvgIpc) is 3.23. The van der Waals surface area contributed by atoms with E-state index in [0.717, 1.165) is 68.6 Å². The van der Waals surface area contributed by atoms with Crippen LogP contribution in [0.25, 0.3) is 0 Å². The molecule has 2 aliphatic rings. The first-order chi connectivity index (χ1) is 15.6. The van der Waals surface area contributed by atoms with E-state index < -0.39 is 0 Å². The molecule has 2 saturated heterocycles. The first-order valence-corrected chi connectivity index (χ1v) is 12.0. The molecule has 5 nitrogen and oxygen atoms in total. The van der Waals surface area contributed by atoms with E-state index in [1.807, 2.05) is 53.1 Å². The lowest BCUT2D eigenvalue weighted by molar-refractivity contribution is -0.128. The van der Waals surface area contributed by atoms with Crippen LogP contribution < -0.4 is 4.74 Å². The second-order valence-electron chi connectivity index (χ2n) is 8.97. The fraction of sp³-hybridized carbons (Fsp3) is 0.481. The first-order valence-electron chi connectivity index (χ1n) is 12.0. The summed E-state index contributed by atoms with van der Waals surface area (Å²) in [4.78, 5) is 28.8. The summed E-state index contributed by atoms with van der Waals surface area (Å²) >= 11 is 0. The van der Waals surface area contributed by atoms with Gasteiger partial charge in [0.05, 0.1) is 6.61 Å². The summed E-state index contributed by atoms with van der Waals surface area (Å²) in [5.74, 6) is 1.93.